The number of rotatable bonds is 14. The van der Waals surface area contributed by atoms with Gasteiger partial charge in [-0.3, -0.25) is 9.59 Å². The molecule has 0 atom stereocenters. The average molecular weight is 376 g/mol. The summed E-state index contributed by atoms with van der Waals surface area (Å²) in [5, 5.41) is 15.4. The molecule has 0 saturated carbocycles. The first-order valence-electron chi connectivity index (χ1n) is 8.96. The molecule has 1 aromatic rings. The maximum absolute atomic E-state index is 11.0. The number of ether oxygens (including phenoxy) is 2. The molecule has 0 saturated heterocycles. The highest BCUT2D eigenvalue weighted by Gasteiger charge is 2.10. The zero-order valence-electron chi connectivity index (χ0n) is 15.5. The molecule has 1 aromatic carbocycles. The molecular formula is C20H28N2O5. The first-order chi connectivity index (χ1) is 13.1. The Morgan fingerprint density at radius 2 is 1.48 bits per heavy atom. The number of hydrogen-bond acceptors (Lipinski definition) is 5. The van der Waals surface area contributed by atoms with Crippen LogP contribution in [0.2, 0.25) is 0 Å². The maximum Gasteiger partial charge on any atom is 0.243 e. The lowest BCUT2D eigenvalue weighted by molar-refractivity contribution is -0.117. The molecule has 0 aromatic heterocycles. The summed E-state index contributed by atoms with van der Waals surface area (Å²) < 4.78 is 11.3. The Morgan fingerprint density at radius 1 is 0.926 bits per heavy atom. The van der Waals surface area contributed by atoms with Gasteiger partial charge >= 0.3 is 0 Å². The van der Waals surface area contributed by atoms with Gasteiger partial charge < -0.3 is 25.2 Å². The van der Waals surface area contributed by atoms with Crippen molar-refractivity contribution in [1.82, 2.24) is 10.6 Å². The molecule has 0 aliphatic heterocycles. The van der Waals surface area contributed by atoms with Crippen molar-refractivity contribution in [2.45, 2.75) is 25.7 Å². The second kappa shape index (κ2) is 13.3. The molecule has 3 N–H and O–H groups in total. The van der Waals surface area contributed by atoms with Crippen LogP contribution in [0.25, 0.3) is 0 Å². The molecule has 1 rings (SSSR count). The lowest BCUT2D eigenvalue weighted by atomic mass is 10.2. The summed E-state index contributed by atoms with van der Waals surface area (Å²) in [6.45, 7) is 8.71. The van der Waals surface area contributed by atoms with Gasteiger partial charge in [-0.15, -0.1) is 0 Å². The molecule has 0 heterocycles. The molecule has 0 aliphatic rings. The summed E-state index contributed by atoms with van der Waals surface area (Å²) in [7, 11) is 0. The normalized spacial score (nSPS) is 9.93. The van der Waals surface area contributed by atoms with Crippen LogP contribution in [0, 0.1) is 0 Å². The fraction of sp³-hybridized carbons (Fsp3) is 0.400. The largest absolute Gasteiger partial charge is 0.504 e. The predicted molar refractivity (Wildman–Crippen MR) is 104 cm³/mol. The first-order valence-corrected chi connectivity index (χ1v) is 8.96. The second-order valence-corrected chi connectivity index (χ2v) is 5.71. The fourth-order valence-corrected chi connectivity index (χ4v) is 2.14. The third kappa shape index (κ3) is 9.34. The van der Waals surface area contributed by atoms with Crippen LogP contribution < -0.4 is 20.1 Å². The Kier molecular flexibility index (Phi) is 10.9. The number of phenols is 1. The monoisotopic (exact) mass is 376 g/mol. The van der Waals surface area contributed by atoms with Crippen molar-refractivity contribution in [1.29, 1.82) is 0 Å². The summed E-state index contributed by atoms with van der Waals surface area (Å²) in [4.78, 5) is 22.1. The number of nitrogens with one attached hydrogen (secondary N) is 2. The van der Waals surface area contributed by atoms with E-state index in [4.69, 9.17) is 9.47 Å². The molecule has 0 aliphatic carbocycles. The van der Waals surface area contributed by atoms with Crippen LogP contribution >= 0.6 is 0 Å². The SMILES string of the molecule is C=CC(=O)NCCCCOc1cccc(O)c1OCCCCNC(=O)C=C. The van der Waals surface area contributed by atoms with E-state index in [2.05, 4.69) is 23.8 Å². The van der Waals surface area contributed by atoms with Gasteiger partial charge in [0.2, 0.25) is 17.6 Å². The highest BCUT2D eigenvalue weighted by atomic mass is 16.5. The maximum atomic E-state index is 11.0. The van der Waals surface area contributed by atoms with Gasteiger partial charge in [-0.1, -0.05) is 19.2 Å². The van der Waals surface area contributed by atoms with Crippen molar-refractivity contribution < 1.29 is 24.2 Å². The zero-order valence-corrected chi connectivity index (χ0v) is 15.5. The number of hydrogen-bond donors (Lipinski definition) is 3. The van der Waals surface area contributed by atoms with Crippen molar-refractivity contribution in [3.05, 3.63) is 43.5 Å². The summed E-state index contributed by atoms with van der Waals surface area (Å²) in [5.41, 5.74) is 0. The van der Waals surface area contributed by atoms with Gasteiger partial charge in [-0.05, 0) is 50.0 Å². The lowest BCUT2D eigenvalue weighted by Gasteiger charge is -2.14. The van der Waals surface area contributed by atoms with Crippen molar-refractivity contribution >= 4 is 11.8 Å². The van der Waals surface area contributed by atoms with Crippen molar-refractivity contribution in [2.75, 3.05) is 26.3 Å². The zero-order chi connectivity index (χ0) is 19.9. The second-order valence-electron chi connectivity index (χ2n) is 5.71. The molecular weight excluding hydrogens is 348 g/mol. The van der Waals surface area contributed by atoms with Gasteiger partial charge in [0.05, 0.1) is 13.2 Å². The minimum atomic E-state index is -0.198. The number of carbonyl (C=O) groups excluding carboxylic acids is 2. The van der Waals surface area contributed by atoms with Crippen LogP contribution in [0.5, 0.6) is 17.2 Å². The number of phenolic OH excluding ortho intramolecular Hbond substituents is 1. The molecule has 2 amide bonds. The fourth-order valence-electron chi connectivity index (χ4n) is 2.14. The number of para-hydroxylation sites is 1. The standard InChI is InChI=1S/C20H28N2O5/c1-3-18(24)21-12-5-7-14-26-17-11-9-10-16(23)20(17)27-15-8-6-13-22-19(25)4-2/h3-4,9-11,23H,1-2,5-8,12-15H2,(H,21,24)(H,22,25). The molecule has 0 unspecified atom stereocenters. The van der Waals surface area contributed by atoms with Crippen LogP contribution in [-0.2, 0) is 9.59 Å². The van der Waals surface area contributed by atoms with Gasteiger partial charge in [0.15, 0.2) is 11.5 Å². The molecule has 0 spiro atoms. The Labute approximate surface area is 160 Å². The van der Waals surface area contributed by atoms with Crippen LogP contribution in [0.3, 0.4) is 0 Å². The van der Waals surface area contributed by atoms with E-state index in [1.165, 1.54) is 18.2 Å². The summed E-state index contributed by atoms with van der Waals surface area (Å²) >= 11 is 0. The Morgan fingerprint density at radius 3 is 2.04 bits per heavy atom. The topological polar surface area (TPSA) is 96.9 Å². The number of aromatic hydroxyl groups is 1. The van der Waals surface area contributed by atoms with E-state index in [0.717, 1.165) is 19.3 Å². The van der Waals surface area contributed by atoms with E-state index in [9.17, 15) is 14.7 Å². The minimum absolute atomic E-state index is 0.0192. The highest BCUT2D eigenvalue weighted by Crippen LogP contribution is 2.36. The summed E-state index contributed by atoms with van der Waals surface area (Å²) in [6, 6.07) is 4.96. The Bertz CT molecular complexity index is 631. The molecule has 0 fully saturated rings. The third-order valence-corrected chi connectivity index (χ3v) is 3.57. The quantitative estimate of drug-likeness (QED) is 0.342. The molecule has 27 heavy (non-hydrogen) atoms. The van der Waals surface area contributed by atoms with Gasteiger partial charge in [0, 0.05) is 13.1 Å². The molecule has 0 radical (unpaired) electrons. The first kappa shape index (κ1) is 22.1. The van der Waals surface area contributed by atoms with Gasteiger partial charge in [0.25, 0.3) is 0 Å². The molecule has 7 heteroatoms. The van der Waals surface area contributed by atoms with Gasteiger partial charge in [-0.25, -0.2) is 0 Å². The van der Waals surface area contributed by atoms with E-state index in [0.29, 0.717) is 44.2 Å². The highest BCUT2D eigenvalue weighted by molar-refractivity contribution is 5.87. The van der Waals surface area contributed by atoms with Crippen LogP contribution in [-0.4, -0.2) is 43.2 Å². The average Bonchev–Trinajstić information content (AvgIpc) is 2.68. The molecule has 0 bridgehead atoms. The number of amides is 2. The van der Waals surface area contributed by atoms with Crippen LogP contribution in [0.4, 0.5) is 0 Å². The van der Waals surface area contributed by atoms with Crippen molar-refractivity contribution in [3.8, 4) is 17.2 Å². The van der Waals surface area contributed by atoms with Crippen LogP contribution in [0.1, 0.15) is 25.7 Å². The van der Waals surface area contributed by atoms with E-state index in [1.54, 1.807) is 12.1 Å². The minimum Gasteiger partial charge on any atom is -0.504 e. The van der Waals surface area contributed by atoms with Crippen molar-refractivity contribution in [2.24, 2.45) is 0 Å². The number of unbranched alkanes of at least 4 members (excludes halogenated alkanes) is 2. The number of benzene rings is 1. The summed E-state index contributed by atoms with van der Waals surface area (Å²) in [6.07, 6.45) is 5.45. The molecule has 148 valence electrons. The smallest absolute Gasteiger partial charge is 0.243 e. The van der Waals surface area contributed by atoms with E-state index < -0.39 is 0 Å². The Hall–Kier alpha value is -2.96. The summed E-state index contributed by atoms with van der Waals surface area (Å²) in [5.74, 6) is 0.420. The van der Waals surface area contributed by atoms with E-state index in [-0.39, 0.29) is 17.6 Å². The Balaban J connectivity index is 2.32. The number of carbonyl (C=O) groups is 2. The van der Waals surface area contributed by atoms with Gasteiger partial charge in [0.1, 0.15) is 0 Å². The predicted octanol–water partition coefficient (Wildman–Crippen LogP) is 2.31. The van der Waals surface area contributed by atoms with Gasteiger partial charge in [-0.2, -0.15) is 0 Å². The van der Waals surface area contributed by atoms with Crippen molar-refractivity contribution in [3.63, 3.8) is 0 Å². The lowest BCUT2D eigenvalue weighted by Crippen LogP contribution is -2.22. The molecule has 7 nitrogen and oxygen atoms in total. The van der Waals surface area contributed by atoms with Crippen LogP contribution in [0.15, 0.2) is 43.5 Å². The van der Waals surface area contributed by atoms with E-state index >= 15 is 0 Å². The third-order valence-electron chi connectivity index (χ3n) is 3.57. The van der Waals surface area contributed by atoms with E-state index in [1.807, 2.05) is 0 Å².